The van der Waals surface area contributed by atoms with Gasteiger partial charge in [0.1, 0.15) is 0 Å². The number of thioether (sulfide) groups is 1. The SMILES string of the molecule is CSC(C)(C)CNC(=O)NC(C)(C)CCC(=O)O. The summed E-state index contributed by atoms with van der Waals surface area (Å²) in [6.07, 6.45) is 2.45. The average molecular weight is 276 g/mol. The molecule has 0 aliphatic rings. The van der Waals surface area contributed by atoms with Crippen molar-refractivity contribution < 1.29 is 14.7 Å². The average Bonchev–Trinajstić information content (AvgIpc) is 2.24. The van der Waals surface area contributed by atoms with Crippen LogP contribution in [0.5, 0.6) is 0 Å². The molecule has 0 fully saturated rings. The zero-order valence-electron chi connectivity index (χ0n) is 11.8. The van der Waals surface area contributed by atoms with Crippen LogP contribution in [0, 0.1) is 0 Å². The van der Waals surface area contributed by atoms with Crippen molar-refractivity contribution in [2.45, 2.75) is 50.8 Å². The van der Waals surface area contributed by atoms with E-state index in [4.69, 9.17) is 5.11 Å². The van der Waals surface area contributed by atoms with Crippen molar-refractivity contribution in [2.75, 3.05) is 12.8 Å². The van der Waals surface area contributed by atoms with E-state index in [1.807, 2.05) is 34.0 Å². The molecule has 0 aliphatic carbocycles. The number of carboxylic acid groups (broad SMARTS) is 1. The van der Waals surface area contributed by atoms with Gasteiger partial charge in [-0.1, -0.05) is 0 Å². The van der Waals surface area contributed by atoms with Crippen molar-refractivity contribution in [3.8, 4) is 0 Å². The van der Waals surface area contributed by atoms with Gasteiger partial charge in [0.05, 0.1) is 0 Å². The van der Waals surface area contributed by atoms with Crippen LogP contribution in [-0.4, -0.2) is 40.2 Å². The summed E-state index contributed by atoms with van der Waals surface area (Å²) in [6.45, 7) is 8.29. The van der Waals surface area contributed by atoms with Crippen LogP contribution in [0.3, 0.4) is 0 Å². The van der Waals surface area contributed by atoms with E-state index in [1.165, 1.54) is 0 Å². The number of carbonyl (C=O) groups is 2. The lowest BCUT2D eigenvalue weighted by molar-refractivity contribution is -0.137. The van der Waals surface area contributed by atoms with Gasteiger partial charge in [-0.05, 0) is 40.4 Å². The van der Waals surface area contributed by atoms with Gasteiger partial charge in [-0.2, -0.15) is 11.8 Å². The fraction of sp³-hybridized carbons (Fsp3) is 0.833. The molecule has 0 aromatic rings. The quantitative estimate of drug-likeness (QED) is 0.665. The third kappa shape index (κ3) is 8.22. The van der Waals surface area contributed by atoms with Crippen molar-refractivity contribution in [3.05, 3.63) is 0 Å². The molecule has 0 aromatic carbocycles. The van der Waals surface area contributed by atoms with Gasteiger partial charge in [0, 0.05) is 23.3 Å². The van der Waals surface area contributed by atoms with Crippen molar-refractivity contribution in [2.24, 2.45) is 0 Å². The molecule has 0 spiro atoms. The molecule has 0 atom stereocenters. The van der Waals surface area contributed by atoms with E-state index < -0.39 is 11.5 Å². The molecule has 18 heavy (non-hydrogen) atoms. The van der Waals surface area contributed by atoms with E-state index in [-0.39, 0.29) is 17.2 Å². The van der Waals surface area contributed by atoms with Crippen molar-refractivity contribution in [1.82, 2.24) is 10.6 Å². The Bertz CT molecular complexity index is 304. The summed E-state index contributed by atoms with van der Waals surface area (Å²) in [7, 11) is 0. The fourth-order valence-corrected chi connectivity index (χ4v) is 1.42. The lowest BCUT2D eigenvalue weighted by Gasteiger charge is -2.28. The van der Waals surface area contributed by atoms with Crippen LogP contribution >= 0.6 is 11.8 Å². The first-order valence-electron chi connectivity index (χ1n) is 5.91. The first-order valence-corrected chi connectivity index (χ1v) is 7.13. The molecule has 0 saturated heterocycles. The van der Waals surface area contributed by atoms with E-state index in [1.54, 1.807) is 11.8 Å². The van der Waals surface area contributed by atoms with Gasteiger partial charge in [0.2, 0.25) is 0 Å². The van der Waals surface area contributed by atoms with Gasteiger partial charge < -0.3 is 15.7 Å². The van der Waals surface area contributed by atoms with Crippen LogP contribution in [0.2, 0.25) is 0 Å². The number of aliphatic carboxylic acids is 1. The molecule has 0 rings (SSSR count). The summed E-state index contributed by atoms with van der Waals surface area (Å²) < 4.78 is -0.0114. The van der Waals surface area contributed by atoms with Crippen LogP contribution in [0.15, 0.2) is 0 Å². The second-order valence-electron chi connectivity index (χ2n) is 5.55. The predicted octanol–water partition coefficient (Wildman–Crippen LogP) is 2.07. The second-order valence-corrected chi connectivity index (χ2v) is 7.06. The smallest absolute Gasteiger partial charge is 0.315 e. The molecule has 0 aromatic heterocycles. The summed E-state index contributed by atoms with van der Waals surface area (Å²) in [5, 5.41) is 14.2. The molecule has 3 N–H and O–H groups in total. The van der Waals surface area contributed by atoms with Crippen molar-refractivity contribution in [3.63, 3.8) is 0 Å². The fourth-order valence-electron chi connectivity index (χ4n) is 1.20. The summed E-state index contributed by atoms with van der Waals surface area (Å²) in [5.74, 6) is -0.853. The number of nitrogens with one attached hydrogen (secondary N) is 2. The largest absolute Gasteiger partial charge is 0.481 e. The number of rotatable bonds is 7. The van der Waals surface area contributed by atoms with Gasteiger partial charge in [-0.3, -0.25) is 4.79 Å². The molecule has 106 valence electrons. The number of carboxylic acids is 1. The third-order valence-electron chi connectivity index (χ3n) is 2.64. The van der Waals surface area contributed by atoms with Crippen molar-refractivity contribution >= 4 is 23.8 Å². The highest BCUT2D eigenvalue weighted by Crippen LogP contribution is 2.19. The van der Waals surface area contributed by atoms with Gasteiger partial charge >= 0.3 is 12.0 Å². The van der Waals surface area contributed by atoms with E-state index in [0.717, 1.165) is 0 Å². The molecule has 0 heterocycles. The minimum absolute atomic E-state index is 0.0114. The maximum absolute atomic E-state index is 11.7. The predicted molar refractivity (Wildman–Crippen MR) is 75.1 cm³/mol. The Morgan fingerprint density at radius 1 is 1.22 bits per heavy atom. The molecule has 0 bridgehead atoms. The van der Waals surface area contributed by atoms with Crippen LogP contribution in [-0.2, 0) is 4.79 Å². The number of amides is 2. The van der Waals surface area contributed by atoms with E-state index in [0.29, 0.717) is 13.0 Å². The van der Waals surface area contributed by atoms with Gasteiger partial charge in [0.25, 0.3) is 0 Å². The number of carbonyl (C=O) groups excluding carboxylic acids is 1. The van der Waals surface area contributed by atoms with Crippen molar-refractivity contribution in [1.29, 1.82) is 0 Å². The van der Waals surface area contributed by atoms with E-state index >= 15 is 0 Å². The zero-order chi connectivity index (χ0) is 14.4. The standard InChI is InChI=1S/C12H24N2O3S/c1-11(2,7-6-9(15)16)14-10(17)13-8-12(3,4)18-5/h6-8H2,1-5H3,(H,15,16)(H2,13,14,17). The Balaban J connectivity index is 4.10. The molecule has 0 aliphatic heterocycles. The summed E-state index contributed by atoms with van der Waals surface area (Å²) in [6, 6.07) is -0.257. The number of hydrogen-bond donors (Lipinski definition) is 3. The first-order chi connectivity index (χ1) is 8.08. The Hall–Kier alpha value is -0.910. The molecular weight excluding hydrogens is 252 g/mol. The lowest BCUT2D eigenvalue weighted by Crippen LogP contribution is -2.50. The van der Waals surface area contributed by atoms with Crippen LogP contribution in [0.1, 0.15) is 40.5 Å². The minimum Gasteiger partial charge on any atom is -0.481 e. The Morgan fingerprint density at radius 3 is 2.22 bits per heavy atom. The topological polar surface area (TPSA) is 78.4 Å². The highest BCUT2D eigenvalue weighted by atomic mass is 32.2. The maximum Gasteiger partial charge on any atom is 0.315 e. The van der Waals surface area contributed by atoms with Crippen LogP contribution in [0.25, 0.3) is 0 Å². The third-order valence-corrected chi connectivity index (χ3v) is 3.89. The van der Waals surface area contributed by atoms with Crippen LogP contribution in [0.4, 0.5) is 4.79 Å². The Morgan fingerprint density at radius 2 is 1.78 bits per heavy atom. The summed E-state index contributed by atoms with van der Waals surface area (Å²) in [5.41, 5.74) is -0.522. The number of hydrogen-bond acceptors (Lipinski definition) is 3. The van der Waals surface area contributed by atoms with Gasteiger partial charge in [-0.25, -0.2) is 4.79 Å². The van der Waals surface area contributed by atoms with Gasteiger partial charge in [0.15, 0.2) is 0 Å². The second kappa shape index (κ2) is 6.87. The van der Waals surface area contributed by atoms with E-state index in [2.05, 4.69) is 10.6 Å². The normalized spacial score (nSPS) is 12.1. The molecular formula is C12H24N2O3S. The summed E-state index contributed by atoms with van der Waals surface area (Å²) in [4.78, 5) is 22.2. The maximum atomic E-state index is 11.7. The first kappa shape index (κ1) is 17.1. The van der Waals surface area contributed by atoms with Crippen LogP contribution < -0.4 is 10.6 Å². The van der Waals surface area contributed by atoms with Gasteiger partial charge in [-0.15, -0.1) is 0 Å². The molecule has 0 unspecified atom stereocenters. The molecule has 6 heteroatoms. The molecule has 0 radical (unpaired) electrons. The number of urea groups is 1. The molecule has 5 nitrogen and oxygen atoms in total. The molecule has 0 saturated carbocycles. The highest BCUT2D eigenvalue weighted by Gasteiger charge is 2.23. The van der Waals surface area contributed by atoms with E-state index in [9.17, 15) is 9.59 Å². The monoisotopic (exact) mass is 276 g/mol. The highest BCUT2D eigenvalue weighted by molar-refractivity contribution is 7.99. The summed E-state index contributed by atoms with van der Waals surface area (Å²) >= 11 is 1.68. The lowest BCUT2D eigenvalue weighted by atomic mass is 9.99. The Labute approximate surface area is 113 Å². The zero-order valence-corrected chi connectivity index (χ0v) is 12.6. The Kier molecular flexibility index (Phi) is 6.52. The minimum atomic E-state index is -0.853. The molecule has 2 amide bonds.